The van der Waals surface area contributed by atoms with Crippen LogP contribution in [0.25, 0.3) is 0 Å². The Morgan fingerprint density at radius 1 is 1.29 bits per heavy atom. The van der Waals surface area contributed by atoms with Gasteiger partial charge in [-0.2, -0.15) is 11.8 Å². The van der Waals surface area contributed by atoms with Gasteiger partial charge in [0.25, 0.3) is 0 Å². The van der Waals surface area contributed by atoms with Crippen LogP contribution < -0.4 is 0 Å². The van der Waals surface area contributed by atoms with Gasteiger partial charge in [0, 0.05) is 16.0 Å². The van der Waals surface area contributed by atoms with E-state index in [9.17, 15) is 0 Å². The predicted molar refractivity (Wildman–Crippen MR) is 72.6 cm³/mol. The van der Waals surface area contributed by atoms with Crippen molar-refractivity contribution in [3.8, 4) is 0 Å². The van der Waals surface area contributed by atoms with E-state index in [1.807, 2.05) is 23.9 Å². The number of hydrogen-bond donors (Lipinski definition) is 1. The maximum atomic E-state index is 8.97. The Morgan fingerprint density at radius 2 is 2.06 bits per heavy atom. The normalized spacial score (nSPS) is 24.8. The highest BCUT2D eigenvalue weighted by Gasteiger charge is 2.21. The first kappa shape index (κ1) is 13.2. The van der Waals surface area contributed by atoms with Crippen LogP contribution in [0.3, 0.4) is 0 Å². The molecule has 1 aliphatic rings. The Kier molecular flexibility index (Phi) is 5.16. The summed E-state index contributed by atoms with van der Waals surface area (Å²) in [5.74, 6) is 0.995. The molecule has 2 atom stereocenters. The van der Waals surface area contributed by atoms with E-state index >= 15 is 0 Å². The molecule has 0 spiro atoms. The fraction of sp³-hybridized carbons (Fsp3) is 0.538. The van der Waals surface area contributed by atoms with Gasteiger partial charge in [0.2, 0.25) is 0 Å². The zero-order valence-corrected chi connectivity index (χ0v) is 11.2. The van der Waals surface area contributed by atoms with E-state index in [1.165, 1.54) is 5.56 Å². The lowest BCUT2D eigenvalue weighted by Crippen LogP contribution is -2.29. The molecule has 2 rings (SSSR count). The summed E-state index contributed by atoms with van der Waals surface area (Å²) >= 11 is 7.76. The summed E-state index contributed by atoms with van der Waals surface area (Å²) in [6, 6.07) is 7.98. The molecular weight excluding hydrogens is 256 g/mol. The van der Waals surface area contributed by atoms with Crippen molar-refractivity contribution < 1.29 is 9.84 Å². The second-order valence-electron chi connectivity index (χ2n) is 4.27. The summed E-state index contributed by atoms with van der Waals surface area (Å²) in [6.45, 7) is 0.901. The minimum absolute atomic E-state index is 0.0578. The number of rotatable bonds is 4. The van der Waals surface area contributed by atoms with E-state index in [-0.39, 0.29) is 12.7 Å². The molecule has 1 aliphatic heterocycles. The SMILES string of the molecule is OC[C@H]1CC[C@@H](SCc2ccc(Cl)cc2)CO1. The molecule has 1 fully saturated rings. The maximum absolute atomic E-state index is 8.97. The minimum atomic E-state index is 0.0578. The Labute approximate surface area is 111 Å². The van der Waals surface area contributed by atoms with Gasteiger partial charge in [-0.05, 0) is 30.5 Å². The van der Waals surface area contributed by atoms with Crippen LogP contribution in [0.15, 0.2) is 24.3 Å². The lowest BCUT2D eigenvalue weighted by atomic mass is 10.1. The molecule has 4 heteroatoms. The van der Waals surface area contributed by atoms with Crippen molar-refractivity contribution in [2.75, 3.05) is 13.2 Å². The van der Waals surface area contributed by atoms with E-state index in [2.05, 4.69) is 12.1 Å². The number of benzene rings is 1. The van der Waals surface area contributed by atoms with Crippen LogP contribution in [0.2, 0.25) is 5.02 Å². The van der Waals surface area contributed by atoms with Crippen molar-refractivity contribution in [1.82, 2.24) is 0 Å². The van der Waals surface area contributed by atoms with Gasteiger partial charge < -0.3 is 9.84 Å². The molecule has 1 heterocycles. The molecule has 1 aromatic carbocycles. The van der Waals surface area contributed by atoms with Crippen LogP contribution in [-0.4, -0.2) is 29.7 Å². The van der Waals surface area contributed by atoms with Gasteiger partial charge in [0.15, 0.2) is 0 Å². The van der Waals surface area contributed by atoms with Gasteiger partial charge in [0.1, 0.15) is 0 Å². The highest BCUT2D eigenvalue weighted by atomic mass is 35.5. The molecule has 1 saturated heterocycles. The van der Waals surface area contributed by atoms with Crippen LogP contribution >= 0.6 is 23.4 Å². The molecule has 0 aliphatic carbocycles. The summed E-state index contributed by atoms with van der Waals surface area (Å²) in [5.41, 5.74) is 1.30. The van der Waals surface area contributed by atoms with Crippen LogP contribution in [0.4, 0.5) is 0 Å². The lowest BCUT2D eigenvalue weighted by Gasteiger charge is -2.27. The summed E-state index contributed by atoms with van der Waals surface area (Å²) in [7, 11) is 0. The number of ether oxygens (including phenoxy) is 1. The molecule has 0 saturated carbocycles. The average Bonchev–Trinajstić information content (AvgIpc) is 2.39. The molecule has 94 valence electrons. The number of halogens is 1. The average molecular weight is 273 g/mol. The molecule has 0 amide bonds. The number of aliphatic hydroxyl groups is 1. The van der Waals surface area contributed by atoms with Crippen LogP contribution in [0.5, 0.6) is 0 Å². The second kappa shape index (κ2) is 6.64. The Bertz CT molecular complexity index is 334. The van der Waals surface area contributed by atoms with Gasteiger partial charge in [0.05, 0.1) is 19.3 Å². The smallest absolute Gasteiger partial charge is 0.0806 e. The molecule has 0 unspecified atom stereocenters. The topological polar surface area (TPSA) is 29.5 Å². The minimum Gasteiger partial charge on any atom is -0.394 e. The van der Waals surface area contributed by atoms with E-state index in [1.54, 1.807) is 0 Å². The van der Waals surface area contributed by atoms with E-state index in [0.29, 0.717) is 5.25 Å². The first-order valence-corrected chi connectivity index (χ1v) is 7.29. The lowest BCUT2D eigenvalue weighted by molar-refractivity contribution is -0.0142. The first-order valence-electron chi connectivity index (χ1n) is 5.86. The van der Waals surface area contributed by atoms with Gasteiger partial charge >= 0.3 is 0 Å². The zero-order chi connectivity index (χ0) is 12.1. The Hall–Kier alpha value is -0.220. The highest BCUT2D eigenvalue weighted by Crippen LogP contribution is 2.27. The number of thioether (sulfide) groups is 1. The molecule has 0 radical (unpaired) electrons. The predicted octanol–water partition coefficient (Wildman–Crippen LogP) is 3.11. The van der Waals surface area contributed by atoms with Crippen LogP contribution in [0, 0.1) is 0 Å². The van der Waals surface area contributed by atoms with E-state index in [0.717, 1.165) is 30.2 Å². The van der Waals surface area contributed by atoms with Crippen molar-refractivity contribution in [3.05, 3.63) is 34.9 Å². The van der Waals surface area contributed by atoms with Gasteiger partial charge in [-0.1, -0.05) is 23.7 Å². The number of hydrogen-bond acceptors (Lipinski definition) is 3. The largest absolute Gasteiger partial charge is 0.394 e. The molecular formula is C13H17ClO2S. The van der Waals surface area contributed by atoms with Crippen molar-refractivity contribution in [2.45, 2.75) is 29.9 Å². The fourth-order valence-corrected chi connectivity index (χ4v) is 3.08. The number of aliphatic hydroxyl groups excluding tert-OH is 1. The first-order chi connectivity index (χ1) is 8.28. The third-order valence-corrected chi connectivity index (χ3v) is 4.53. The molecule has 1 aromatic rings. The highest BCUT2D eigenvalue weighted by molar-refractivity contribution is 7.99. The molecule has 1 N–H and O–H groups in total. The summed E-state index contributed by atoms with van der Waals surface area (Å²) in [5, 5.41) is 10.3. The van der Waals surface area contributed by atoms with Crippen molar-refractivity contribution in [3.63, 3.8) is 0 Å². The van der Waals surface area contributed by atoms with Crippen molar-refractivity contribution in [2.24, 2.45) is 0 Å². The van der Waals surface area contributed by atoms with Crippen LogP contribution in [-0.2, 0) is 10.5 Å². The van der Waals surface area contributed by atoms with Gasteiger partial charge in [-0.25, -0.2) is 0 Å². The maximum Gasteiger partial charge on any atom is 0.0806 e. The van der Waals surface area contributed by atoms with Gasteiger partial charge in [-0.3, -0.25) is 0 Å². The van der Waals surface area contributed by atoms with E-state index < -0.39 is 0 Å². The van der Waals surface area contributed by atoms with Gasteiger partial charge in [-0.15, -0.1) is 0 Å². The quantitative estimate of drug-likeness (QED) is 0.913. The Morgan fingerprint density at radius 3 is 2.65 bits per heavy atom. The molecule has 2 nitrogen and oxygen atoms in total. The summed E-state index contributed by atoms with van der Waals surface area (Å²) in [6.07, 6.45) is 2.15. The third-order valence-electron chi connectivity index (χ3n) is 2.93. The zero-order valence-electron chi connectivity index (χ0n) is 9.64. The van der Waals surface area contributed by atoms with E-state index in [4.69, 9.17) is 21.4 Å². The summed E-state index contributed by atoms with van der Waals surface area (Å²) in [4.78, 5) is 0. The molecule has 0 aromatic heterocycles. The third kappa shape index (κ3) is 4.18. The van der Waals surface area contributed by atoms with Crippen molar-refractivity contribution in [1.29, 1.82) is 0 Å². The second-order valence-corrected chi connectivity index (χ2v) is 6.00. The standard InChI is InChI=1S/C13H17ClO2S/c14-11-3-1-10(2-4-11)9-17-13-6-5-12(7-15)16-8-13/h1-4,12-13,15H,5-9H2/t12-,13-/m1/s1. The monoisotopic (exact) mass is 272 g/mol. The molecule has 0 bridgehead atoms. The fourth-order valence-electron chi connectivity index (χ4n) is 1.85. The Balaban J connectivity index is 1.74. The molecule has 17 heavy (non-hydrogen) atoms. The van der Waals surface area contributed by atoms with Crippen molar-refractivity contribution >= 4 is 23.4 Å². The summed E-state index contributed by atoms with van der Waals surface area (Å²) < 4.78 is 5.56. The van der Waals surface area contributed by atoms with Crippen LogP contribution in [0.1, 0.15) is 18.4 Å².